The molecular formula is C16H19F3O8S. The first-order valence-electron chi connectivity index (χ1n) is 7.73. The summed E-state index contributed by atoms with van der Waals surface area (Å²) < 4.78 is 73.3. The molecule has 0 saturated heterocycles. The second-order valence-electron chi connectivity index (χ2n) is 6.59. The van der Waals surface area contributed by atoms with E-state index in [4.69, 9.17) is 4.74 Å². The molecule has 1 unspecified atom stereocenters. The van der Waals surface area contributed by atoms with Crippen molar-refractivity contribution in [3.8, 4) is 0 Å². The van der Waals surface area contributed by atoms with Gasteiger partial charge in [0.15, 0.2) is 0 Å². The van der Waals surface area contributed by atoms with Gasteiger partial charge in [0.1, 0.15) is 18.6 Å². The maximum absolute atomic E-state index is 12.6. The van der Waals surface area contributed by atoms with E-state index in [0.717, 1.165) is 0 Å². The molecule has 28 heavy (non-hydrogen) atoms. The molecule has 1 rings (SSSR count). The van der Waals surface area contributed by atoms with Crippen molar-refractivity contribution >= 4 is 22.1 Å². The molecule has 0 aliphatic carbocycles. The molecule has 0 bridgehead atoms. The summed E-state index contributed by atoms with van der Waals surface area (Å²) in [6.07, 6.45) is -1.55. The minimum absolute atomic E-state index is 0.337. The van der Waals surface area contributed by atoms with Crippen LogP contribution in [0.2, 0.25) is 0 Å². The van der Waals surface area contributed by atoms with Crippen molar-refractivity contribution in [1.29, 1.82) is 0 Å². The zero-order valence-electron chi connectivity index (χ0n) is 15.1. The molecule has 1 aromatic carbocycles. The van der Waals surface area contributed by atoms with Gasteiger partial charge in [-0.2, -0.15) is 21.6 Å². The van der Waals surface area contributed by atoms with Gasteiger partial charge >= 0.3 is 27.6 Å². The average Bonchev–Trinajstić information content (AvgIpc) is 2.50. The molecule has 0 radical (unpaired) electrons. The lowest BCUT2D eigenvalue weighted by molar-refractivity contribution is -0.217. The lowest BCUT2D eigenvalue weighted by Crippen LogP contribution is -2.50. The van der Waals surface area contributed by atoms with Crippen LogP contribution in [0.15, 0.2) is 30.3 Å². The highest BCUT2D eigenvalue weighted by atomic mass is 32.2. The van der Waals surface area contributed by atoms with Crippen LogP contribution in [-0.2, 0) is 40.0 Å². The van der Waals surface area contributed by atoms with Crippen LogP contribution >= 0.6 is 0 Å². The molecule has 0 aliphatic heterocycles. The number of hydrogen-bond donors (Lipinski definition) is 1. The Hall–Kier alpha value is -2.18. The smallest absolute Gasteiger partial charge is 0.461 e. The Morgan fingerprint density at radius 2 is 1.61 bits per heavy atom. The number of halogens is 3. The van der Waals surface area contributed by atoms with E-state index in [-0.39, 0.29) is 6.61 Å². The maximum atomic E-state index is 12.6. The molecular weight excluding hydrogens is 409 g/mol. The Kier molecular flexibility index (Phi) is 7.20. The van der Waals surface area contributed by atoms with Crippen LogP contribution in [0.3, 0.4) is 0 Å². The van der Waals surface area contributed by atoms with E-state index in [2.05, 4.69) is 8.92 Å². The van der Waals surface area contributed by atoms with Crippen molar-refractivity contribution in [1.82, 2.24) is 0 Å². The van der Waals surface area contributed by atoms with Crippen molar-refractivity contribution in [2.45, 2.75) is 50.7 Å². The third-order valence-corrected chi connectivity index (χ3v) is 3.94. The topological polar surface area (TPSA) is 116 Å². The van der Waals surface area contributed by atoms with Gasteiger partial charge in [0.25, 0.3) is 5.79 Å². The van der Waals surface area contributed by atoms with E-state index in [0.29, 0.717) is 5.56 Å². The quantitative estimate of drug-likeness (QED) is 0.304. The Morgan fingerprint density at radius 1 is 1.07 bits per heavy atom. The van der Waals surface area contributed by atoms with E-state index in [1.165, 1.54) is 20.8 Å². The molecule has 0 aromatic heterocycles. The molecule has 12 heteroatoms. The zero-order valence-corrected chi connectivity index (χ0v) is 16.0. The van der Waals surface area contributed by atoms with Crippen molar-refractivity contribution in [3.05, 3.63) is 35.9 Å². The first-order valence-corrected chi connectivity index (χ1v) is 9.14. The average molecular weight is 428 g/mol. The fourth-order valence-electron chi connectivity index (χ4n) is 1.71. The van der Waals surface area contributed by atoms with Crippen molar-refractivity contribution in [3.63, 3.8) is 0 Å². The van der Waals surface area contributed by atoms with Crippen LogP contribution in [0.1, 0.15) is 32.8 Å². The van der Waals surface area contributed by atoms with Crippen LogP contribution in [0, 0.1) is 0 Å². The third kappa shape index (κ3) is 7.09. The summed E-state index contributed by atoms with van der Waals surface area (Å²) in [4.78, 5) is 23.9. The molecule has 0 fully saturated rings. The number of esters is 2. The SMILES string of the molecule is CC(C)(C)OC(=O)C(O)(CC(=O)OCc1ccccc1)OS(=O)(=O)C(F)(F)F. The van der Waals surface area contributed by atoms with Gasteiger partial charge in [-0.1, -0.05) is 30.3 Å². The summed E-state index contributed by atoms with van der Waals surface area (Å²) in [5.41, 5.74) is -6.78. The highest BCUT2D eigenvalue weighted by molar-refractivity contribution is 7.87. The fraction of sp³-hybridized carbons (Fsp3) is 0.500. The van der Waals surface area contributed by atoms with Crippen LogP contribution < -0.4 is 0 Å². The van der Waals surface area contributed by atoms with Gasteiger partial charge in [0, 0.05) is 0 Å². The number of aliphatic hydroxyl groups is 1. The largest absolute Gasteiger partial charge is 0.523 e. The summed E-state index contributed by atoms with van der Waals surface area (Å²) >= 11 is 0. The van der Waals surface area contributed by atoms with Crippen LogP contribution in [0.5, 0.6) is 0 Å². The number of ether oxygens (including phenoxy) is 2. The highest BCUT2D eigenvalue weighted by Gasteiger charge is 2.56. The first kappa shape index (κ1) is 23.9. The summed E-state index contributed by atoms with van der Waals surface area (Å²) in [5.74, 6) is -7.06. The fourth-order valence-corrected chi connectivity index (χ4v) is 2.29. The number of benzene rings is 1. The van der Waals surface area contributed by atoms with E-state index in [1.54, 1.807) is 30.3 Å². The summed E-state index contributed by atoms with van der Waals surface area (Å²) in [6, 6.07) is 8.07. The molecule has 158 valence electrons. The van der Waals surface area contributed by atoms with Crippen LogP contribution in [0.4, 0.5) is 13.2 Å². The predicted molar refractivity (Wildman–Crippen MR) is 87.7 cm³/mol. The third-order valence-electron chi connectivity index (χ3n) is 2.88. The van der Waals surface area contributed by atoms with Crippen LogP contribution in [-0.4, -0.2) is 42.4 Å². The molecule has 0 amide bonds. The Morgan fingerprint density at radius 3 is 2.07 bits per heavy atom. The Labute approximate surface area is 159 Å². The van der Waals surface area contributed by atoms with Gasteiger partial charge in [-0.25, -0.2) is 8.98 Å². The lowest BCUT2D eigenvalue weighted by atomic mass is 10.1. The lowest BCUT2D eigenvalue weighted by Gasteiger charge is -2.29. The number of alkyl halides is 3. The van der Waals surface area contributed by atoms with E-state index >= 15 is 0 Å². The monoisotopic (exact) mass is 428 g/mol. The van der Waals surface area contributed by atoms with Crippen LogP contribution in [0.25, 0.3) is 0 Å². The minimum Gasteiger partial charge on any atom is -0.461 e. The molecule has 0 spiro atoms. The minimum atomic E-state index is -6.43. The van der Waals surface area contributed by atoms with E-state index in [1.807, 2.05) is 0 Å². The van der Waals surface area contributed by atoms with Gasteiger partial charge < -0.3 is 14.6 Å². The van der Waals surface area contributed by atoms with Gasteiger partial charge in [-0.15, -0.1) is 0 Å². The molecule has 0 saturated carbocycles. The zero-order chi connectivity index (χ0) is 21.8. The molecule has 1 atom stereocenters. The second-order valence-corrected chi connectivity index (χ2v) is 8.13. The molecule has 1 aromatic rings. The van der Waals surface area contributed by atoms with Gasteiger partial charge in [0.05, 0.1) is 0 Å². The number of rotatable bonds is 7. The highest BCUT2D eigenvalue weighted by Crippen LogP contribution is 2.31. The van der Waals surface area contributed by atoms with Gasteiger partial charge in [0.2, 0.25) is 0 Å². The van der Waals surface area contributed by atoms with Crippen molar-refractivity contribution in [2.75, 3.05) is 0 Å². The standard InChI is InChI=1S/C16H19F3O8S/c1-14(2,3)26-13(21)15(22,27-28(23,24)16(17,18)19)9-12(20)25-10-11-7-5-4-6-8-11/h4-8,22H,9-10H2,1-3H3. The van der Waals surface area contributed by atoms with Crippen molar-refractivity contribution in [2.24, 2.45) is 0 Å². The summed E-state index contributed by atoms with van der Waals surface area (Å²) in [6.45, 7) is 3.57. The van der Waals surface area contributed by atoms with Crippen molar-refractivity contribution < 1.29 is 49.9 Å². The summed E-state index contributed by atoms with van der Waals surface area (Å²) in [5, 5.41) is 10.1. The molecule has 0 heterocycles. The summed E-state index contributed by atoms with van der Waals surface area (Å²) in [7, 11) is -6.43. The molecule has 8 nitrogen and oxygen atoms in total. The molecule has 0 aliphatic rings. The van der Waals surface area contributed by atoms with E-state index in [9.17, 15) is 36.3 Å². The Balaban J connectivity index is 3.02. The number of carbonyl (C=O) groups is 2. The van der Waals surface area contributed by atoms with E-state index < -0.39 is 45.4 Å². The first-order chi connectivity index (χ1) is 12.6. The Bertz CT molecular complexity index is 799. The second kappa shape index (κ2) is 8.45. The van der Waals surface area contributed by atoms with Gasteiger partial charge in [-0.05, 0) is 26.3 Å². The normalized spacial score (nSPS) is 14.8. The number of hydrogen-bond acceptors (Lipinski definition) is 8. The predicted octanol–water partition coefficient (Wildman–Crippen LogP) is 2.02. The van der Waals surface area contributed by atoms with Gasteiger partial charge in [-0.3, -0.25) is 4.79 Å². The molecule has 1 N–H and O–H groups in total. The maximum Gasteiger partial charge on any atom is 0.523 e. The number of carbonyl (C=O) groups excluding carboxylic acids is 2.